The van der Waals surface area contributed by atoms with E-state index < -0.39 is 18.2 Å². The van der Waals surface area contributed by atoms with Crippen LogP contribution in [-0.2, 0) is 25.5 Å². The first-order valence-corrected chi connectivity index (χ1v) is 8.51. The van der Waals surface area contributed by atoms with E-state index in [2.05, 4.69) is 0 Å². The second-order valence-corrected chi connectivity index (χ2v) is 6.07. The lowest BCUT2D eigenvalue weighted by Gasteiger charge is -2.27. The Morgan fingerprint density at radius 3 is 2.50 bits per heavy atom. The number of aliphatic carboxylic acids is 1. The molecule has 1 N–H and O–H groups in total. The lowest BCUT2D eigenvalue weighted by atomic mass is 10.1. The number of benzene rings is 1. The van der Waals surface area contributed by atoms with E-state index in [1.165, 1.54) is 11.9 Å². The molecule has 1 aliphatic rings. The van der Waals surface area contributed by atoms with Crippen molar-refractivity contribution in [3.63, 3.8) is 0 Å². The average molecular weight is 364 g/mol. The van der Waals surface area contributed by atoms with E-state index in [0.717, 1.165) is 5.56 Å². The van der Waals surface area contributed by atoms with Crippen molar-refractivity contribution in [3.05, 3.63) is 35.9 Å². The molecule has 1 aromatic rings. The molecular formula is C18H24N2O6. The van der Waals surface area contributed by atoms with E-state index in [4.69, 9.17) is 9.47 Å². The molecule has 0 unspecified atom stereocenters. The molecule has 2 rings (SSSR count). The van der Waals surface area contributed by atoms with Crippen molar-refractivity contribution in [3.8, 4) is 0 Å². The molecule has 0 aromatic heterocycles. The van der Waals surface area contributed by atoms with Gasteiger partial charge >= 0.3 is 12.1 Å². The molecule has 0 radical (unpaired) electrons. The molecule has 1 aromatic carbocycles. The Balaban J connectivity index is 1.81. The van der Waals surface area contributed by atoms with Crippen LogP contribution in [0.1, 0.15) is 12.0 Å². The van der Waals surface area contributed by atoms with E-state index in [1.54, 1.807) is 29.2 Å². The van der Waals surface area contributed by atoms with Gasteiger partial charge in [0, 0.05) is 39.5 Å². The zero-order valence-electron chi connectivity index (χ0n) is 14.8. The summed E-state index contributed by atoms with van der Waals surface area (Å²) in [5.74, 6) is -1.27. The SMILES string of the molecule is CN(CCC(=O)N1CCOCC1)C(=O)O[C@@H](Cc1ccccc1)C(=O)O. The Morgan fingerprint density at radius 2 is 1.88 bits per heavy atom. The quantitative estimate of drug-likeness (QED) is 0.775. The van der Waals surface area contributed by atoms with Crippen molar-refractivity contribution in [1.82, 2.24) is 9.80 Å². The number of carboxylic acids is 1. The number of carbonyl (C=O) groups is 3. The molecule has 1 aliphatic heterocycles. The second-order valence-electron chi connectivity index (χ2n) is 6.07. The molecule has 1 atom stereocenters. The highest BCUT2D eigenvalue weighted by Crippen LogP contribution is 2.09. The van der Waals surface area contributed by atoms with Crippen LogP contribution in [0.3, 0.4) is 0 Å². The van der Waals surface area contributed by atoms with Crippen molar-refractivity contribution in [2.24, 2.45) is 0 Å². The normalized spacial score (nSPS) is 15.2. The van der Waals surface area contributed by atoms with Gasteiger partial charge in [-0.05, 0) is 5.56 Å². The van der Waals surface area contributed by atoms with Gasteiger partial charge in [0.25, 0.3) is 0 Å². The van der Waals surface area contributed by atoms with Crippen LogP contribution in [0.25, 0.3) is 0 Å². The molecule has 2 amide bonds. The minimum absolute atomic E-state index is 0.0629. The predicted molar refractivity (Wildman–Crippen MR) is 92.7 cm³/mol. The summed E-state index contributed by atoms with van der Waals surface area (Å²) in [5.41, 5.74) is 0.762. The first-order chi connectivity index (χ1) is 12.5. The summed E-state index contributed by atoms with van der Waals surface area (Å²) in [6.07, 6.45) is -1.80. The van der Waals surface area contributed by atoms with Gasteiger partial charge in [-0.1, -0.05) is 30.3 Å². The van der Waals surface area contributed by atoms with Gasteiger partial charge in [-0.3, -0.25) is 4.79 Å². The average Bonchev–Trinajstić information content (AvgIpc) is 2.66. The number of carboxylic acid groups (broad SMARTS) is 1. The molecule has 0 spiro atoms. The number of carbonyl (C=O) groups excluding carboxylic acids is 2. The third-order valence-electron chi connectivity index (χ3n) is 4.12. The lowest BCUT2D eigenvalue weighted by Crippen LogP contribution is -2.42. The third kappa shape index (κ3) is 6.03. The minimum atomic E-state index is -1.28. The summed E-state index contributed by atoms with van der Waals surface area (Å²) in [6.45, 7) is 2.29. The largest absolute Gasteiger partial charge is 0.478 e. The maximum atomic E-state index is 12.1. The Hall–Kier alpha value is -2.61. The van der Waals surface area contributed by atoms with Crippen LogP contribution >= 0.6 is 0 Å². The molecule has 0 bridgehead atoms. The van der Waals surface area contributed by atoms with E-state index in [0.29, 0.717) is 26.3 Å². The smallest absolute Gasteiger partial charge is 0.410 e. The maximum absolute atomic E-state index is 12.1. The summed E-state index contributed by atoms with van der Waals surface area (Å²) in [6, 6.07) is 8.95. The number of amides is 2. The van der Waals surface area contributed by atoms with E-state index in [1.807, 2.05) is 6.07 Å². The van der Waals surface area contributed by atoms with Gasteiger partial charge in [0.15, 0.2) is 0 Å². The van der Waals surface area contributed by atoms with Crippen molar-refractivity contribution in [1.29, 1.82) is 0 Å². The van der Waals surface area contributed by atoms with E-state index in [-0.39, 0.29) is 25.3 Å². The number of ether oxygens (including phenoxy) is 2. The Kier molecular flexibility index (Phi) is 7.40. The van der Waals surface area contributed by atoms with Crippen molar-refractivity contribution < 1.29 is 29.0 Å². The highest BCUT2D eigenvalue weighted by molar-refractivity contribution is 5.79. The van der Waals surface area contributed by atoms with Crippen LogP contribution in [0.15, 0.2) is 30.3 Å². The summed E-state index contributed by atoms with van der Waals surface area (Å²) in [7, 11) is 1.48. The molecule has 1 heterocycles. The predicted octanol–water partition coefficient (Wildman–Crippen LogP) is 1.000. The molecular weight excluding hydrogens is 340 g/mol. The molecule has 0 aliphatic carbocycles. The molecule has 0 saturated carbocycles. The van der Waals surface area contributed by atoms with E-state index >= 15 is 0 Å². The van der Waals surface area contributed by atoms with Crippen LogP contribution < -0.4 is 0 Å². The number of hydrogen-bond donors (Lipinski definition) is 1. The fraction of sp³-hybridized carbons (Fsp3) is 0.500. The van der Waals surface area contributed by atoms with Gasteiger partial charge in [-0.25, -0.2) is 9.59 Å². The van der Waals surface area contributed by atoms with Gasteiger partial charge in [-0.2, -0.15) is 0 Å². The zero-order valence-corrected chi connectivity index (χ0v) is 14.8. The van der Waals surface area contributed by atoms with Crippen LogP contribution in [0.5, 0.6) is 0 Å². The summed E-state index contributed by atoms with van der Waals surface area (Å²) in [4.78, 5) is 38.5. The molecule has 8 heteroatoms. The van der Waals surface area contributed by atoms with E-state index in [9.17, 15) is 19.5 Å². The van der Waals surface area contributed by atoms with Gasteiger partial charge in [-0.15, -0.1) is 0 Å². The minimum Gasteiger partial charge on any atom is -0.478 e. The van der Waals surface area contributed by atoms with Gasteiger partial charge in [0.2, 0.25) is 12.0 Å². The topological polar surface area (TPSA) is 96.4 Å². The molecule has 8 nitrogen and oxygen atoms in total. The molecule has 1 fully saturated rings. The van der Waals surface area contributed by atoms with Gasteiger partial charge < -0.3 is 24.4 Å². The fourth-order valence-electron chi connectivity index (χ4n) is 2.54. The Morgan fingerprint density at radius 1 is 1.23 bits per heavy atom. The van der Waals surface area contributed by atoms with Gasteiger partial charge in [0.1, 0.15) is 0 Å². The first-order valence-electron chi connectivity index (χ1n) is 8.51. The Bertz CT molecular complexity index is 615. The van der Waals surface area contributed by atoms with Crippen molar-refractivity contribution >= 4 is 18.0 Å². The number of morpholine rings is 1. The fourth-order valence-corrected chi connectivity index (χ4v) is 2.54. The van der Waals surface area contributed by atoms with Crippen molar-refractivity contribution in [2.75, 3.05) is 39.9 Å². The van der Waals surface area contributed by atoms with Crippen LogP contribution in [0.2, 0.25) is 0 Å². The maximum Gasteiger partial charge on any atom is 0.410 e. The summed E-state index contributed by atoms with van der Waals surface area (Å²) in [5, 5.41) is 9.29. The second kappa shape index (κ2) is 9.76. The summed E-state index contributed by atoms with van der Waals surface area (Å²) >= 11 is 0. The van der Waals surface area contributed by atoms with Crippen LogP contribution in [0, 0.1) is 0 Å². The molecule has 26 heavy (non-hydrogen) atoms. The number of rotatable bonds is 7. The van der Waals surface area contributed by atoms with Crippen LogP contribution in [0.4, 0.5) is 4.79 Å². The lowest BCUT2D eigenvalue weighted by molar-refractivity contribution is -0.147. The number of hydrogen-bond acceptors (Lipinski definition) is 5. The van der Waals surface area contributed by atoms with Crippen molar-refractivity contribution in [2.45, 2.75) is 18.9 Å². The van der Waals surface area contributed by atoms with Crippen LogP contribution in [-0.4, -0.2) is 78.9 Å². The highest BCUT2D eigenvalue weighted by Gasteiger charge is 2.25. The standard InChI is InChI=1S/C18H24N2O6/c1-19(8-7-16(21)20-9-11-25-12-10-20)18(24)26-15(17(22)23)13-14-5-3-2-4-6-14/h2-6,15H,7-13H2,1H3,(H,22,23)/t15-/m0/s1. The monoisotopic (exact) mass is 364 g/mol. The summed E-state index contributed by atoms with van der Waals surface area (Å²) < 4.78 is 10.3. The van der Waals surface area contributed by atoms with Gasteiger partial charge in [0.05, 0.1) is 13.2 Å². The molecule has 142 valence electrons. The first kappa shape index (κ1) is 19.7. The Labute approximate surface area is 152 Å². The highest BCUT2D eigenvalue weighted by atomic mass is 16.6. The molecule has 1 saturated heterocycles. The number of nitrogens with zero attached hydrogens (tertiary/aromatic N) is 2. The zero-order chi connectivity index (χ0) is 18.9. The third-order valence-corrected chi connectivity index (χ3v) is 4.12.